The minimum Gasteiger partial charge on any atom is -0.329 e. The van der Waals surface area contributed by atoms with E-state index < -0.39 is 0 Å². The van der Waals surface area contributed by atoms with Gasteiger partial charge >= 0.3 is 0 Å². The fraction of sp³-hybridized carbons (Fsp3) is 1.00. The number of hydrogen-bond donors (Lipinski definition) is 1. The van der Waals surface area contributed by atoms with Crippen molar-refractivity contribution in [3.63, 3.8) is 0 Å². The van der Waals surface area contributed by atoms with E-state index in [2.05, 4.69) is 51.6 Å². The van der Waals surface area contributed by atoms with Gasteiger partial charge < -0.3 is 10.6 Å². The molecule has 0 aromatic rings. The third-order valence-electron chi connectivity index (χ3n) is 4.94. The quantitative estimate of drug-likeness (QED) is 0.780. The van der Waals surface area contributed by atoms with E-state index in [1.807, 2.05) is 0 Å². The van der Waals surface area contributed by atoms with E-state index in [9.17, 15) is 0 Å². The van der Waals surface area contributed by atoms with Gasteiger partial charge in [0.1, 0.15) is 0 Å². The van der Waals surface area contributed by atoms with Gasteiger partial charge in [-0.3, -0.25) is 4.90 Å². The van der Waals surface area contributed by atoms with Gasteiger partial charge in [-0.25, -0.2) is 0 Å². The van der Waals surface area contributed by atoms with Crippen molar-refractivity contribution in [2.24, 2.45) is 17.6 Å². The fourth-order valence-electron chi connectivity index (χ4n) is 3.97. The highest BCUT2D eigenvalue weighted by atomic mass is 15.2. The van der Waals surface area contributed by atoms with Gasteiger partial charge in [-0.05, 0) is 64.7 Å². The first kappa shape index (κ1) is 17.9. The largest absolute Gasteiger partial charge is 0.329 e. The molecule has 1 aliphatic rings. The number of nitrogens with two attached hydrogens (primary N) is 1. The lowest BCUT2D eigenvalue weighted by Crippen LogP contribution is -2.59. The summed E-state index contributed by atoms with van der Waals surface area (Å²) in [7, 11) is 4.56. The predicted octanol–water partition coefficient (Wildman–Crippen LogP) is 2.80. The molecule has 0 radical (unpaired) electrons. The van der Waals surface area contributed by atoms with Crippen LogP contribution in [0.5, 0.6) is 0 Å². The number of hydrogen-bond acceptors (Lipinski definition) is 3. The zero-order valence-corrected chi connectivity index (χ0v) is 14.7. The summed E-state index contributed by atoms with van der Waals surface area (Å²) in [6.07, 6.45) is 4.99. The van der Waals surface area contributed by atoms with E-state index in [0.29, 0.717) is 17.9 Å². The van der Waals surface area contributed by atoms with E-state index in [0.717, 1.165) is 6.54 Å². The van der Waals surface area contributed by atoms with Crippen molar-refractivity contribution in [3.8, 4) is 0 Å². The van der Waals surface area contributed by atoms with Gasteiger partial charge in [-0.15, -0.1) is 0 Å². The highest BCUT2D eigenvalue weighted by Crippen LogP contribution is 2.33. The number of likely N-dealkylation sites (tertiary alicyclic amines) is 1. The van der Waals surface area contributed by atoms with Crippen molar-refractivity contribution in [3.05, 3.63) is 0 Å². The average molecular weight is 284 g/mol. The standard InChI is InChI=1S/C17H37N3/c1-14(2)11-17(13-18,12-15(3)4)20(6)16-7-9-19(5)10-8-16/h14-16H,7-13,18H2,1-6H3. The molecule has 0 amide bonds. The highest BCUT2D eigenvalue weighted by Gasteiger charge is 2.38. The summed E-state index contributed by atoms with van der Waals surface area (Å²) in [5.74, 6) is 1.40. The molecule has 1 rings (SSSR count). The van der Waals surface area contributed by atoms with E-state index in [1.165, 1.54) is 38.8 Å². The minimum atomic E-state index is 0.183. The second kappa shape index (κ2) is 7.77. The number of piperidine rings is 1. The van der Waals surface area contributed by atoms with Gasteiger partial charge in [0.15, 0.2) is 0 Å². The lowest BCUT2D eigenvalue weighted by atomic mass is 9.79. The molecule has 0 bridgehead atoms. The number of rotatable bonds is 7. The van der Waals surface area contributed by atoms with Crippen LogP contribution in [0.1, 0.15) is 53.4 Å². The van der Waals surface area contributed by atoms with Crippen LogP contribution in [0.4, 0.5) is 0 Å². The van der Waals surface area contributed by atoms with Gasteiger partial charge in [0.25, 0.3) is 0 Å². The van der Waals surface area contributed by atoms with Gasteiger partial charge in [-0.1, -0.05) is 27.7 Å². The Morgan fingerprint density at radius 3 is 1.90 bits per heavy atom. The number of likely N-dealkylation sites (N-methyl/N-ethyl adjacent to an activating group) is 1. The van der Waals surface area contributed by atoms with E-state index in [4.69, 9.17) is 5.73 Å². The molecule has 0 aliphatic carbocycles. The van der Waals surface area contributed by atoms with Crippen LogP contribution in [0.2, 0.25) is 0 Å². The van der Waals surface area contributed by atoms with Gasteiger partial charge in [0, 0.05) is 18.1 Å². The van der Waals surface area contributed by atoms with Crippen molar-refractivity contribution in [2.75, 3.05) is 33.7 Å². The van der Waals surface area contributed by atoms with Crippen LogP contribution >= 0.6 is 0 Å². The molecule has 120 valence electrons. The molecule has 3 nitrogen and oxygen atoms in total. The molecule has 1 saturated heterocycles. The normalized spacial score (nSPS) is 19.5. The molecular weight excluding hydrogens is 246 g/mol. The van der Waals surface area contributed by atoms with E-state index in [-0.39, 0.29) is 5.54 Å². The Morgan fingerprint density at radius 2 is 1.55 bits per heavy atom. The Hall–Kier alpha value is -0.120. The Bertz CT molecular complexity index is 257. The molecule has 1 fully saturated rings. The maximum absolute atomic E-state index is 6.29. The summed E-state index contributed by atoms with van der Waals surface area (Å²) < 4.78 is 0. The molecule has 0 aromatic heterocycles. The molecule has 3 heteroatoms. The zero-order chi connectivity index (χ0) is 15.3. The Kier molecular flexibility index (Phi) is 6.96. The van der Waals surface area contributed by atoms with Crippen molar-refractivity contribution in [2.45, 2.75) is 65.0 Å². The SMILES string of the molecule is CC(C)CC(CN)(CC(C)C)N(C)C1CCN(C)CC1. The van der Waals surface area contributed by atoms with Crippen LogP contribution < -0.4 is 5.73 Å². The Balaban J connectivity index is 2.84. The maximum atomic E-state index is 6.29. The molecule has 0 unspecified atom stereocenters. The van der Waals surface area contributed by atoms with Crippen LogP contribution in [0.25, 0.3) is 0 Å². The second-order valence-electron chi connectivity index (χ2n) is 7.77. The Morgan fingerprint density at radius 1 is 1.10 bits per heavy atom. The maximum Gasteiger partial charge on any atom is 0.0336 e. The van der Waals surface area contributed by atoms with Crippen molar-refractivity contribution >= 4 is 0 Å². The summed E-state index contributed by atoms with van der Waals surface area (Å²) in [6, 6.07) is 0.701. The lowest BCUT2D eigenvalue weighted by Gasteiger charge is -2.49. The monoisotopic (exact) mass is 283 g/mol. The summed E-state index contributed by atoms with van der Waals surface area (Å²) in [4.78, 5) is 5.10. The first-order valence-corrected chi connectivity index (χ1v) is 8.42. The molecule has 1 heterocycles. The Labute approximate surface area is 126 Å². The summed E-state index contributed by atoms with van der Waals surface area (Å²) in [6.45, 7) is 12.5. The number of nitrogens with zero attached hydrogens (tertiary/aromatic N) is 2. The molecular formula is C17H37N3. The van der Waals surface area contributed by atoms with Crippen LogP contribution in [-0.2, 0) is 0 Å². The third kappa shape index (κ3) is 4.71. The van der Waals surface area contributed by atoms with Crippen LogP contribution in [0, 0.1) is 11.8 Å². The minimum absolute atomic E-state index is 0.183. The molecule has 0 spiro atoms. The molecule has 20 heavy (non-hydrogen) atoms. The van der Waals surface area contributed by atoms with Gasteiger partial charge in [0.05, 0.1) is 0 Å². The van der Waals surface area contributed by atoms with Crippen molar-refractivity contribution in [1.29, 1.82) is 0 Å². The van der Waals surface area contributed by atoms with Crippen LogP contribution in [0.3, 0.4) is 0 Å². The molecule has 0 aromatic carbocycles. The molecule has 2 N–H and O–H groups in total. The smallest absolute Gasteiger partial charge is 0.0336 e. The van der Waals surface area contributed by atoms with Crippen LogP contribution in [-0.4, -0.2) is 55.1 Å². The first-order chi connectivity index (χ1) is 9.30. The third-order valence-corrected chi connectivity index (χ3v) is 4.94. The van der Waals surface area contributed by atoms with Gasteiger partial charge in [-0.2, -0.15) is 0 Å². The first-order valence-electron chi connectivity index (χ1n) is 8.42. The fourth-order valence-corrected chi connectivity index (χ4v) is 3.97. The van der Waals surface area contributed by atoms with Gasteiger partial charge in [0.2, 0.25) is 0 Å². The lowest BCUT2D eigenvalue weighted by molar-refractivity contribution is 0.0159. The second-order valence-corrected chi connectivity index (χ2v) is 7.77. The molecule has 0 saturated carbocycles. The summed E-state index contributed by atoms with van der Waals surface area (Å²) >= 11 is 0. The average Bonchev–Trinajstić information content (AvgIpc) is 2.36. The highest BCUT2D eigenvalue weighted by molar-refractivity contribution is 4.96. The van der Waals surface area contributed by atoms with E-state index >= 15 is 0 Å². The molecule has 0 atom stereocenters. The summed E-state index contributed by atoms with van der Waals surface area (Å²) in [5.41, 5.74) is 6.47. The summed E-state index contributed by atoms with van der Waals surface area (Å²) in [5, 5.41) is 0. The predicted molar refractivity (Wildman–Crippen MR) is 89.0 cm³/mol. The topological polar surface area (TPSA) is 32.5 Å². The molecule has 1 aliphatic heterocycles. The zero-order valence-electron chi connectivity index (χ0n) is 14.7. The van der Waals surface area contributed by atoms with Crippen molar-refractivity contribution < 1.29 is 0 Å². The van der Waals surface area contributed by atoms with Crippen LogP contribution in [0.15, 0.2) is 0 Å². The van der Waals surface area contributed by atoms with E-state index in [1.54, 1.807) is 0 Å². The van der Waals surface area contributed by atoms with Crippen molar-refractivity contribution in [1.82, 2.24) is 9.80 Å².